The highest BCUT2D eigenvalue weighted by molar-refractivity contribution is 5.76. The number of carbonyl (C=O) groups excluding carboxylic acids is 1. The smallest absolute Gasteiger partial charge is 0.303 e. The van der Waals surface area contributed by atoms with Crippen LogP contribution in [0, 0.1) is 0 Å². The van der Waals surface area contributed by atoms with Gasteiger partial charge in [-0.1, -0.05) is 39.0 Å². The van der Waals surface area contributed by atoms with Gasteiger partial charge in [-0.3, -0.25) is 9.59 Å². The summed E-state index contributed by atoms with van der Waals surface area (Å²) >= 11 is 0. The van der Waals surface area contributed by atoms with E-state index in [1.54, 1.807) is 0 Å². The summed E-state index contributed by atoms with van der Waals surface area (Å²) in [5.74, 6) is -0.627. The van der Waals surface area contributed by atoms with E-state index in [1.807, 2.05) is 18.7 Å². The van der Waals surface area contributed by atoms with Crippen molar-refractivity contribution in [3.63, 3.8) is 0 Å². The first-order valence-electron chi connectivity index (χ1n) is 8.00. The van der Waals surface area contributed by atoms with Crippen molar-refractivity contribution in [3.8, 4) is 0 Å². The van der Waals surface area contributed by atoms with Crippen LogP contribution in [0.25, 0.3) is 0 Å². The van der Waals surface area contributed by atoms with Crippen molar-refractivity contribution in [2.75, 3.05) is 6.54 Å². The fourth-order valence-electron chi connectivity index (χ4n) is 2.27. The number of carboxylic acids is 1. The molecule has 1 N–H and O–H groups in total. The van der Waals surface area contributed by atoms with Gasteiger partial charge in [-0.25, -0.2) is 0 Å². The summed E-state index contributed by atoms with van der Waals surface area (Å²) in [6.07, 6.45) is 8.32. The van der Waals surface area contributed by atoms with Crippen LogP contribution in [0.3, 0.4) is 0 Å². The van der Waals surface area contributed by atoms with E-state index in [0.29, 0.717) is 19.4 Å². The van der Waals surface area contributed by atoms with Crippen LogP contribution in [0.5, 0.6) is 0 Å². The Kier molecular flexibility index (Phi) is 11.1. The molecule has 0 aromatic rings. The maximum Gasteiger partial charge on any atom is 0.303 e. The molecule has 20 heavy (non-hydrogen) atoms. The maximum atomic E-state index is 12.1. The summed E-state index contributed by atoms with van der Waals surface area (Å²) in [4.78, 5) is 24.5. The highest BCUT2D eigenvalue weighted by atomic mass is 16.4. The number of carboxylic acid groups (broad SMARTS) is 1. The molecule has 0 aliphatic carbocycles. The van der Waals surface area contributed by atoms with Crippen molar-refractivity contribution in [1.29, 1.82) is 0 Å². The van der Waals surface area contributed by atoms with Gasteiger partial charge in [-0.15, -0.1) is 0 Å². The Balaban J connectivity index is 3.88. The van der Waals surface area contributed by atoms with Crippen molar-refractivity contribution >= 4 is 11.9 Å². The Labute approximate surface area is 123 Å². The molecule has 0 rings (SSSR count). The molecule has 0 radical (unpaired) electrons. The highest BCUT2D eigenvalue weighted by Gasteiger charge is 2.16. The number of unbranched alkanes of at least 4 members (excludes halogenated alkanes) is 5. The number of carbonyl (C=O) groups is 2. The topological polar surface area (TPSA) is 57.6 Å². The Morgan fingerprint density at radius 1 is 0.950 bits per heavy atom. The Morgan fingerprint density at radius 3 is 2.10 bits per heavy atom. The van der Waals surface area contributed by atoms with Gasteiger partial charge in [0.15, 0.2) is 0 Å². The third kappa shape index (κ3) is 9.82. The number of nitrogens with zero attached hydrogens (tertiary/aromatic N) is 1. The summed E-state index contributed by atoms with van der Waals surface area (Å²) in [5.41, 5.74) is 0. The summed E-state index contributed by atoms with van der Waals surface area (Å²) in [6, 6.07) is 0.149. The molecule has 0 aliphatic rings. The number of rotatable bonds is 12. The van der Waals surface area contributed by atoms with Gasteiger partial charge in [0.05, 0.1) is 0 Å². The van der Waals surface area contributed by atoms with Crippen molar-refractivity contribution in [2.24, 2.45) is 0 Å². The first-order chi connectivity index (χ1) is 9.49. The van der Waals surface area contributed by atoms with Crippen LogP contribution in [0.2, 0.25) is 0 Å². The quantitative estimate of drug-likeness (QED) is 0.554. The van der Waals surface area contributed by atoms with Gasteiger partial charge in [0.1, 0.15) is 0 Å². The molecule has 1 amide bonds. The number of aliphatic carboxylic acids is 1. The normalized spacial score (nSPS) is 10.8. The van der Waals surface area contributed by atoms with E-state index in [1.165, 1.54) is 25.7 Å². The first kappa shape index (κ1) is 18.9. The largest absolute Gasteiger partial charge is 0.481 e. The maximum absolute atomic E-state index is 12.1. The van der Waals surface area contributed by atoms with Crippen LogP contribution in [0.15, 0.2) is 0 Å². The minimum atomic E-state index is -0.794. The molecule has 4 nitrogen and oxygen atoms in total. The zero-order valence-corrected chi connectivity index (χ0v) is 13.4. The second-order valence-corrected chi connectivity index (χ2v) is 5.70. The average Bonchev–Trinajstić information content (AvgIpc) is 2.37. The zero-order chi connectivity index (χ0) is 15.4. The fourth-order valence-corrected chi connectivity index (χ4v) is 2.27. The predicted octanol–water partition coefficient (Wildman–Crippen LogP) is 3.84. The van der Waals surface area contributed by atoms with E-state index in [4.69, 9.17) is 5.11 Å². The molecular weight excluding hydrogens is 254 g/mol. The van der Waals surface area contributed by atoms with E-state index < -0.39 is 5.97 Å². The van der Waals surface area contributed by atoms with E-state index in [9.17, 15) is 9.59 Å². The third-order valence-corrected chi connectivity index (χ3v) is 3.48. The molecule has 0 aliphatic heterocycles. The molecule has 0 aromatic carbocycles. The van der Waals surface area contributed by atoms with Crippen molar-refractivity contribution in [1.82, 2.24) is 4.90 Å². The summed E-state index contributed by atoms with van der Waals surface area (Å²) < 4.78 is 0. The minimum absolute atomic E-state index is 0.132. The van der Waals surface area contributed by atoms with Crippen LogP contribution in [-0.4, -0.2) is 34.5 Å². The van der Waals surface area contributed by atoms with Gasteiger partial charge in [0, 0.05) is 25.4 Å². The predicted molar refractivity (Wildman–Crippen MR) is 81.7 cm³/mol. The molecule has 0 bridgehead atoms. The monoisotopic (exact) mass is 285 g/mol. The molecule has 0 saturated carbocycles. The molecule has 4 heteroatoms. The molecular formula is C16H31NO3. The van der Waals surface area contributed by atoms with Gasteiger partial charge >= 0.3 is 5.97 Å². The van der Waals surface area contributed by atoms with Gasteiger partial charge in [0.2, 0.25) is 5.91 Å². The molecule has 0 heterocycles. The van der Waals surface area contributed by atoms with E-state index in [2.05, 4.69) is 6.92 Å². The lowest BCUT2D eigenvalue weighted by Crippen LogP contribution is -2.37. The molecule has 118 valence electrons. The van der Waals surface area contributed by atoms with Crippen molar-refractivity contribution in [3.05, 3.63) is 0 Å². The molecule has 0 saturated heterocycles. The summed E-state index contributed by atoms with van der Waals surface area (Å²) in [6.45, 7) is 6.72. The second kappa shape index (κ2) is 11.7. The van der Waals surface area contributed by atoms with Gasteiger partial charge in [-0.05, 0) is 26.7 Å². The Bertz CT molecular complexity index is 277. The molecule has 0 unspecified atom stereocenters. The van der Waals surface area contributed by atoms with Crippen LogP contribution in [0.4, 0.5) is 0 Å². The highest BCUT2D eigenvalue weighted by Crippen LogP contribution is 2.11. The van der Waals surface area contributed by atoms with Crippen molar-refractivity contribution < 1.29 is 14.7 Å². The van der Waals surface area contributed by atoms with Gasteiger partial charge in [-0.2, -0.15) is 0 Å². The number of hydrogen-bond donors (Lipinski definition) is 1. The minimum Gasteiger partial charge on any atom is -0.481 e. The first-order valence-corrected chi connectivity index (χ1v) is 8.00. The molecule has 0 spiro atoms. The lowest BCUT2D eigenvalue weighted by atomic mass is 10.1. The SMILES string of the molecule is CCCCCCCCC(=O)N(CCCC(=O)O)C(C)C. The fraction of sp³-hybridized carbons (Fsp3) is 0.875. The zero-order valence-electron chi connectivity index (χ0n) is 13.4. The molecule has 0 atom stereocenters. The molecule has 0 aromatic heterocycles. The van der Waals surface area contributed by atoms with Crippen LogP contribution in [0.1, 0.15) is 78.6 Å². The Hall–Kier alpha value is -1.06. The lowest BCUT2D eigenvalue weighted by molar-refractivity contribution is -0.138. The van der Waals surface area contributed by atoms with Gasteiger partial charge in [0.25, 0.3) is 0 Å². The second-order valence-electron chi connectivity index (χ2n) is 5.70. The van der Waals surface area contributed by atoms with E-state index in [-0.39, 0.29) is 18.4 Å². The van der Waals surface area contributed by atoms with E-state index >= 15 is 0 Å². The molecule has 0 fully saturated rings. The van der Waals surface area contributed by atoms with Crippen LogP contribution < -0.4 is 0 Å². The van der Waals surface area contributed by atoms with Crippen LogP contribution in [-0.2, 0) is 9.59 Å². The summed E-state index contributed by atoms with van der Waals surface area (Å²) in [5, 5.41) is 8.64. The Morgan fingerprint density at radius 2 is 1.55 bits per heavy atom. The van der Waals surface area contributed by atoms with E-state index in [0.717, 1.165) is 12.8 Å². The van der Waals surface area contributed by atoms with Crippen LogP contribution >= 0.6 is 0 Å². The summed E-state index contributed by atoms with van der Waals surface area (Å²) in [7, 11) is 0. The third-order valence-electron chi connectivity index (χ3n) is 3.48. The van der Waals surface area contributed by atoms with Gasteiger partial charge < -0.3 is 10.0 Å². The lowest BCUT2D eigenvalue weighted by Gasteiger charge is -2.26. The number of hydrogen-bond acceptors (Lipinski definition) is 2. The average molecular weight is 285 g/mol. The van der Waals surface area contributed by atoms with Crippen molar-refractivity contribution in [2.45, 2.75) is 84.6 Å². The standard InChI is InChI=1S/C16H31NO3/c1-4-5-6-7-8-9-11-15(18)17(14(2)3)13-10-12-16(19)20/h14H,4-13H2,1-3H3,(H,19,20). The number of amides is 1.